The summed E-state index contributed by atoms with van der Waals surface area (Å²) >= 11 is 0. The van der Waals surface area contributed by atoms with Crippen LogP contribution in [0.3, 0.4) is 0 Å². The van der Waals surface area contributed by atoms with E-state index in [-0.39, 0.29) is 31.1 Å². The number of allylic oxidation sites excluding steroid dienone is 20. The fraction of sp³-hybridized carbons (Fsp3) is 0.657. The van der Waals surface area contributed by atoms with Gasteiger partial charge in [-0.25, -0.2) is 0 Å². The Bertz CT molecular complexity index is 1540. The molecule has 0 aliphatic carbocycles. The van der Waals surface area contributed by atoms with E-state index >= 15 is 0 Å². The Morgan fingerprint density at radius 2 is 0.534 bits per heavy atom. The van der Waals surface area contributed by atoms with Crippen LogP contribution in [0.4, 0.5) is 0 Å². The first kappa shape index (κ1) is 68.8. The Hall–Kier alpha value is -4.19. The molecule has 1 atom stereocenters. The molecule has 0 bridgehead atoms. The molecular weight excluding hydrogens is 901 g/mol. The monoisotopic (exact) mass is 1010 g/mol. The first-order chi connectivity index (χ1) is 36.0. The van der Waals surface area contributed by atoms with Crippen molar-refractivity contribution in [2.45, 2.75) is 271 Å². The van der Waals surface area contributed by atoms with Crippen molar-refractivity contribution >= 4 is 17.9 Å². The van der Waals surface area contributed by atoms with Gasteiger partial charge in [-0.05, 0) is 128 Å². The summed E-state index contributed by atoms with van der Waals surface area (Å²) in [7, 11) is 0. The number of unbranched alkanes of at least 4 members (excludes halogenated alkanes) is 22. The zero-order chi connectivity index (χ0) is 52.9. The summed E-state index contributed by atoms with van der Waals surface area (Å²) in [6.45, 7) is 6.36. The molecular formula is C67H110O6. The third-order valence-corrected chi connectivity index (χ3v) is 12.4. The first-order valence-corrected chi connectivity index (χ1v) is 30.0. The highest BCUT2D eigenvalue weighted by Crippen LogP contribution is 2.14. The molecule has 0 radical (unpaired) electrons. The van der Waals surface area contributed by atoms with Crippen LogP contribution in [0.1, 0.15) is 265 Å². The fourth-order valence-corrected chi connectivity index (χ4v) is 7.98. The van der Waals surface area contributed by atoms with Crippen LogP contribution in [-0.2, 0) is 28.6 Å². The van der Waals surface area contributed by atoms with Gasteiger partial charge in [0.2, 0.25) is 0 Å². The molecule has 0 aliphatic rings. The van der Waals surface area contributed by atoms with Gasteiger partial charge in [0.05, 0.1) is 0 Å². The summed E-state index contributed by atoms with van der Waals surface area (Å²) in [6.07, 6.45) is 83.3. The molecule has 0 aromatic carbocycles. The molecule has 0 saturated heterocycles. The molecule has 73 heavy (non-hydrogen) atoms. The highest BCUT2D eigenvalue weighted by molar-refractivity contribution is 5.71. The summed E-state index contributed by atoms with van der Waals surface area (Å²) in [6, 6.07) is 0. The van der Waals surface area contributed by atoms with Gasteiger partial charge in [0.1, 0.15) is 13.2 Å². The molecule has 0 fully saturated rings. The molecule has 0 heterocycles. The Labute approximate surface area is 450 Å². The standard InChI is InChI=1S/C67H110O6/c1-4-7-10-13-16-19-22-25-28-30-31-32-33-34-35-37-39-42-45-48-51-54-57-60-66(69)72-63-64(62-71-65(68)59-56-53-50-47-44-41-38-27-24-21-18-15-12-9-6-3)73-67(70)61-58-55-52-49-46-43-40-36-29-26-23-20-17-14-11-8-5-2/h8-9,11-12,17-18,20-22,25-27,29-31,33-34,38,40,43,64H,4-7,10,13-16,19,23-24,28,32,35-37,39,41-42,44-63H2,1-3H3/b11-8-,12-9-,20-17-,21-18-,25-22-,29-26-,31-30-,34-33-,38-27-,43-40-. The van der Waals surface area contributed by atoms with Gasteiger partial charge in [-0.1, -0.05) is 239 Å². The molecule has 0 saturated carbocycles. The van der Waals surface area contributed by atoms with Crippen molar-refractivity contribution in [3.8, 4) is 0 Å². The molecule has 0 rings (SSSR count). The number of esters is 3. The molecule has 6 heteroatoms. The van der Waals surface area contributed by atoms with Crippen LogP contribution in [0.15, 0.2) is 122 Å². The second-order valence-corrected chi connectivity index (χ2v) is 19.5. The number of carbonyl (C=O) groups is 3. The lowest BCUT2D eigenvalue weighted by Crippen LogP contribution is -2.30. The molecule has 1 unspecified atom stereocenters. The van der Waals surface area contributed by atoms with Crippen LogP contribution >= 0.6 is 0 Å². The molecule has 414 valence electrons. The van der Waals surface area contributed by atoms with E-state index in [0.717, 1.165) is 154 Å². The van der Waals surface area contributed by atoms with Crippen LogP contribution in [0, 0.1) is 0 Å². The number of rotatable bonds is 53. The maximum Gasteiger partial charge on any atom is 0.306 e. The average molecular weight is 1010 g/mol. The second-order valence-electron chi connectivity index (χ2n) is 19.5. The first-order valence-electron chi connectivity index (χ1n) is 30.0. The van der Waals surface area contributed by atoms with Gasteiger partial charge in [0.15, 0.2) is 6.10 Å². The maximum absolute atomic E-state index is 12.9. The van der Waals surface area contributed by atoms with Crippen LogP contribution < -0.4 is 0 Å². The van der Waals surface area contributed by atoms with E-state index < -0.39 is 6.10 Å². The Balaban J connectivity index is 4.44. The van der Waals surface area contributed by atoms with E-state index in [2.05, 4.69) is 142 Å². The molecule has 0 aliphatic heterocycles. The van der Waals surface area contributed by atoms with Crippen molar-refractivity contribution in [3.63, 3.8) is 0 Å². The van der Waals surface area contributed by atoms with E-state index in [1.807, 2.05) is 0 Å². The van der Waals surface area contributed by atoms with Crippen LogP contribution in [0.25, 0.3) is 0 Å². The third kappa shape index (κ3) is 58.6. The minimum absolute atomic E-state index is 0.101. The molecule has 0 amide bonds. The molecule has 0 aromatic heterocycles. The summed E-state index contributed by atoms with van der Waals surface area (Å²) in [5.74, 6) is -0.948. The number of hydrogen-bond acceptors (Lipinski definition) is 6. The van der Waals surface area contributed by atoms with Gasteiger partial charge >= 0.3 is 17.9 Å². The number of hydrogen-bond donors (Lipinski definition) is 0. The highest BCUT2D eigenvalue weighted by atomic mass is 16.6. The lowest BCUT2D eigenvalue weighted by molar-refractivity contribution is -0.167. The molecule has 6 nitrogen and oxygen atoms in total. The Morgan fingerprint density at radius 3 is 0.836 bits per heavy atom. The van der Waals surface area contributed by atoms with Gasteiger partial charge in [-0.15, -0.1) is 0 Å². The van der Waals surface area contributed by atoms with Crippen molar-refractivity contribution in [3.05, 3.63) is 122 Å². The van der Waals surface area contributed by atoms with E-state index in [0.29, 0.717) is 19.3 Å². The SMILES string of the molecule is CC/C=C\C/C=C\C/C=C\C/C=C\CCCCCCC(=O)OC(COC(=O)CCCCCCC/C=C\C/C=C\C/C=C\CC)COC(=O)CCCCCCCCCC/C=C\C/C=C\C/C=C\CCCCCCC. The molecule has 0 aromatic rings. The van der Waals surface area contributed by atoms with Crippen LogP contribution in [0.5, 0.6) is 0 Å². The summed E-state index contributed by atoms with van der Waals surface area (Å²) in [4.78, 5) is 38.2. The summed E-state index contributed by atoms with van der Waals surface area (Å²) < 4.78 is 16.9. The van der Waals surface area contributed by atoms with Gasteiger partial charge in [0.25, 0.3) is 0 Å². The highest BCUT2D eigenvalue weighted by Gasteiger charge is 2.19. The fourth-order valence-electron chi connectivity index (χ4n) is 7.98. The predicted octanol–water partition coefficient (Wildman–Crippen LogP) is 20.4. The zero-order valence-electron chi connectivity index (χ0n) is 47.4. The van der Waals surface area contributed by atoms with Crippen molar-refractivity contribution in [2.24, 2.45) is 0 Å². The minimum Gasteiger partial charge on any atom is -0.462 e. The van der Waals surface area contributed by atoms with E-state index in [9.17, 15) is 14.4 Å². The van der Waals surface area contributed by atoms with Crippen molar-refractivity contribution < 1.29 is 28.6 Å². The minimum atomic E-state index is -0.806. The largest absolute Gasteiger partial charge is 0.462 e. The van der Waals surface area contributed by atoms with Crippen molar-refractivity contribution in [1.29, 1.82) is 0 Å². The van der Waals surface area contributed by atoms with Gasteiger partial charge in [0, 0.05) is 19.3 Å². The topological polar surface area (TPSA) is 78.9 Å². The number of ether oxygens (including phenoxy) is 3. The summed E-state index contributed by atoms with van der Waals surface area (Å²) in [5, 5.41) is 0. The normalized spacial score (nSPS) is 13.0. The third-order valence-electron chi connectivity index (χ3n) is 12.4. The van der Waals surface area contributed by atoms with Crippen molar-refractivity contribution in [1.82, 2.24) is 0 Å². The zero-order valence-corrected chi connectivity index (χ0v) is 47.4. The lowest BCUT2D eigenvalue weighted by atomic mass is 10.1. The lowest BCUT2D eigenvalue weighted by Gasteiger charge is -2.18. The maximum atomic E-state index is 12.9. The van der Waals surface area contributed by atoms with E-state index in [4.69, 9.17) is 14.2 Å². The second kappa shape index (κ2) is 60.4. The molecule has 0 spiro atoms. The van der Waals surface area contributed by atoms with E-state index in [1.54, 1.807) is 0 Å². The smallest absolute Gasteiger partial charge is 0.306 e. The summed E-state index contributed by atoms with van der Waals surface area (Å²) in [5.41, 5.74) is 0. The molecule has 0 N–H and O–H groups in total. The predicted molar refractivity (Wildman–Crippen MR) is 316 cm³/mol. The van der Waals surface area contributed by atoms with Crippen molar-refractivity contribution in [2.75, 3.05) is 13.2 Å². The average Bonchev–Trinajstić information content (AvgIpc) is 3.39. The van der Waals surface area contributed by atoms with Crippen LogP contribution in [0.2, 0.25) is 0 Å². The number of carbonyl (C=O) groups excluding carboxylic acids is 3. The van der Waals surface area contributed by atoms with E-state index in [1.165, 1.54) is 70.6 Å². The van der Waals surface area contributed by atoms with Gasteiger partial charge < -0.3 is 14.2 Å². The van der Waals surface area contributed by atoms with Crippen LogP contribution in [-0.4, -0.2) is 37.2 Å². The Kier molecular flexibility index (Phi) is 56.9. The van der Waals surface area contributed by atoms with Gasteiger partial charge in [-0.2, -0.15) is 0 Å². The van der Waals surface area contributed by atoms with Gasteiger partial charge in [-0.3, -0.25) is 14.4 Å². The quantitative estimate of drug-likeness (QED) is 0.0261. The Morgan fingerprint density at radius 1 is 0.288 bits per heavy atom.